The standard InChI is InChI=1S/C10H18O5/c1-5-6-7(10(2,3)4)14-9(13)15-8(11)12/h7H,5-6H2,1-4H3,(H,11,12). The van der Waals surface area contributed by atoms with Gasteiger partial charge in [0.2, 0.25) is 0 Å². The van der Waals surface area contributed by atoms with E-state index in [-0.39, 0.29) is 11.5 Å². The molecule has 0 aromatic heterocycles. The molecule has 15 heavy (non-hydrogen) atoms. The third-order valence-electron chi connectivity index (χ3n) is 1.93. The van der Waals surface area contributed by atoms with Gasteiger partial charge in [-0.2, -0.15) is 0 Å². The van der Waals surface area contributed by atoms with Gasteiger partial charge in [0, 0.05) is 0 Å². The zero-order chi connectivity index (χ0) is 12.1. The Hall–Kier alpha value is -1.26. The molecule has 0 amide bonds. The Morgan fingerprint density at radius 3 is 2.20 bits per heavy atom. The van der Waals surface area contributed by atoms with Gasteiger partial charge in [-0.25, -0.2) is 9.59 Å². The molecule has 0 bridgehead atoms. The summed E-state index contributed by atoms with van der Waals surface area (Å²) in [4.78, 5) is 21.0. The molecule has 0 spiro atoms. The van der Waals surface area contributed by atoms with E-state index in [0.717, 1.165) is 6.42 Å². The van der Waals surface area contributed by atoms with Crippen LogP contribution in [0.15, 0.2) is 0 Å². The topological polar surface area (TPSA) is 72.8 Å². The lowest BCUT2D eigenvalue weighted by Crippen LogP contribution is -2.32. The molecule has 5 heteroatoms. The third kappa shape index (κ3) is 5.93. The van der Waals surface area contributed by atoms with Gasteiger partial charge < -0.3 is 14.6 Å². The first-order valence-electron chi connectivity index (χ1n) is 4.88. The highest BCUT2D eigenvalue weighted by Gasteiger charge is 2.28. The average molecular weight is 218 g/mol. The van der Waals surface area contributed by atoms with E-state index in [1.165, 1.54) is 0 Å². The van der Waals surface area contributed by atoms with Gasteiger partial charge >= 0.3 is 12.3 Å². The zero-order valence-electron chi connectivity index (χ0n) is 9.57. The van der Waals surface area contributed by atoms with Crippen LogP contribution in [0, 0.1) is 5.41 Å². The first-order chi connectivity index (χ1) is 6.77. The third-order valence-corrected chi connectivity index (χ3v) is 1.93. The molecule has 0 aromatic rings. The lowest BCUT2D eigenvalue weighted by Gasteiger charge is -2.29. The van der Waals surface area contributed by atoms with Gasteiger partial charge in [-0.05, 0) is 11.8 Å². The Morgan fingerprint density at radius 1 is 1.33 bits per heavy atom. The van der Waals surface area contributed by atoms with Crippen molar-refractivity contribution in [1.29, 1.82) is 0 Å². The van der Waals surface area contributed by atoms with Crippen LogP contribution >= 0.6 is 0 Å². The van der Waals surface area contributed by atoms with E-state index in [1.54, 1.807) is 0 Å². The van der Waals surface area contributed by atoms with Crippen molar-refractivity contribution in [3.8, 4) is 0 Å². The molecule has 1 unspecified atom stereocenters. The number of carboxylic acid groups (broad SMARTS) is 1. The molecule has 0 aromatic carbocycles. The lowest BCUT2D eigenvalue weighted by molar-refractivity contribution is -0.0144. The normalized spacial score (nSPS) is 13.1. The van der Waals surface area contributed by atoms with Gasteiger partial charge in [-0.1, -0.05) is 34.1 Å². The van der Waals surface area contributed by atoms with Crippen LogP contribution in [0.25, 0.3) is 0 Å². The average Bonchev–Trinajstić information content (AvgIpc) is 2.00. The molecule has 1 N–H and O–H groups in total. The number of rotatable bonds is 3. The van der Waals surface area contributed by atoms with Crippen LogP contribution in [0.5, 0.6) is 0 Å². The summed E-state index contributed by atoms with van der Waals surface area (Å²) in [7, 11) is 0. The van der Waals surface area contributed by atoms with Gasteiger partial charge in [-0.3, -0.25) is 0 Å². The highest BCUT2D eigenvalue weighted by molar-refractivity contribution is 5.75. The zero-order valence-corrected chi connectivity index (χ0v) is 9.57. The van der Waals surface area contributed by atoms with Crippen molar-refractivity contribution in [2.45, 2.75) is 46.6 Å². The Morgan fingerprint density at radius 2 is 1.87 bits per heavy atom. The fraction of sp³-hybridized carbons (Fsp3) is 0.800. The second kappa shape index (κ2) is 5.58. The van der Waals surface area contributed by atoms with E-state index >= 15 is 0 Å². The minimum Gasteiger partial charge on any atom is -0.449 e. The van der Waals surface area contributed by atoms with Gasteiger partial charge in [0.15, 0.2) is 0 Å². The van der Waals surface area contributed by atoms with Crippen molar-refractivity contribution in [3.63, 3.8) is 0 Å². The summed E-state index contributed by atoms with van der Waals surface area (Å²) >= 11 is 0. The van der Waals surface area contributed by atoms with Crippen LogP contribution < -0.4 is 0 Å². The number of carbonyl (C=O) groups excluding carboxylic acids is 1. The molecule has 0 saturated heterocycles. The Kier molecular flexibility index (Phi) is 5.11. The van der Waals surface area contributed by atoms with Crippen molar-refractivity contribution < 1.29 is 24.2 Å². The van der Waals surface area contributed by atoms with Crippen molar-refractivity contribution in [1.82, 2.24) is 0 Å². The molecule has 0 rings (SSSR count). The van der Waals surface area contributed by atoms with Gasteiger partial charge in [0.1, 0.15) is 6.10 Å². The van der Waals surface area contributed by atoms with Crippen molar-refractivity contribution in [2.75, 3.05) is 0 Å². The molecule has 0 saturated carbocycles. The van der Waals surface area contributed by atoms with E-state index in [1.807, 2.05) is 27.7 Å². The van der Waals surface area contributed by atoms with E-state index in [4.69, 9.17) is 9.84 Å². The molecule has 0 radical (unpaired) electrons. The molecule has 0 fully saturated rings. The minimum absolute atomic E-state index is 0.229. The Labute approximate surface area is 89.4 Å². The molecular formula is C10H18O5. The van der Waals surface area contributed by atoms with Crippen LogP contribution in [-0.2, 0) is 9.47 Å². The monoisotopic (exact) mass is 218 g/mol. The maximum atomic E-state index is 11.0. The molecule has 88 valence electrons. The van der Waals surface area contributed by atoms with Crippen LogP contribution in [0.3, 0.4) is 0 Å². The van der Waals surface area contributed by atoms with Crippen LogP contribution in [-0.4, -0.2) is 23.5 Å². The summed E-state index contributed by atoms with van der Waals surface area (Å²) in [5.41, 5.74) is -0.229. The molecule has 0 heterocycles. The lowest BCUT2D eigenvalue weighted by atomic mass is 9.86. The Balaban J connectivity index is 4.29. The molecule has 0 aliphatic carbocycles. The maximum Gasteiger partial charge on any atom is 0.518 e. The summed E-state index contributed by atoms with van der Waals surface area (Å²) in [5.74, 6) is 0. The van der Waals surface area contributed by atoms with E-state index in [2.05, 4.69) is 4.74 Å². The number of carbonyl (C=O) groups is 2. The van der Waals surface area contributed by atoms with Crippen LogP contribution in [0.1, 0.15) is 40.5 Å². The Bertz CT molecular complexity index is 228. The highest BCUT2D eigenvalue weighted by atomic mass is 16.8. The molecule has 0 aliphatic rings. The smallest absolute Gasteiger partial charge is 0.449 e. The minimum atomic E-state index is -1.65. The summed E-state index contributed by atoms with van der Waals surface area (Å²) < 4.78 is 8.80. The molecule has 0 aliphatic heterocycles. The molecule has 5 nitrogen and oxygen atoms in total. The van der Waals surface area contributed by atoms with Gasteiger partial charge in [0.05, 0.1) is 0 Å². The van der Waals surface area contributed by atoms with E-state index in [9.17, 15) is 9.59 Å². The summed E-state index contributed by atoms with van der Waals surface area (Å²) in [6.45, 7) is 7.72. The molecular weight excluding hydrogens is 200 g/mol. The SMILES string of the molecule is CCCC(OC(=O)OC(=O)O)C(C)(C)C. The van der Waals surface area contributed by atoms with Gasteiger partial charge in [-0.15, -0.1) is 0 Å². The fourth-order valence-corrected chi connectivity index (χ4v) is 1.14. The highest BCUT2D eigenvalue weighted by Crippen LogP contribution is 2.26. The molecule has 1 atom stereocenters. The first kappa shape index (κ1) is 13.7. The van der Waals surface area contributed by atoms with Crippen molar-refractivity contribution in [2.24, 2.45) is 5.41 Å². The van der Waals surface area contributed by atoms with E-state index in [0.29, 0.717) is 6.42 Å². The van der Waals surface area contributed by atoms with Crippen molar-refractivity contribution in [3.05, 3.63) is 0 Å². The summed E-state index contributed by atoms with van der Waals surface area (Å²) in [6.07, 6.45) is -1.62. The number of hydrogen-bond donors (Lipinski definition) is 1. The second-order valence-electron chi connectivity index (χ2n) is 4.38. The van der Waals surface area contributed by atoms with Gasteiger partial charge in [0.25, 0.3) is 0 Å². The predicted octanol–water partition coefficient (Wildman–Crippen LogP) is 3.03. The summed E-state index contributed by atoms with van der Waals surface area (Å²) in [5, 5.41) is 8.21. The quantitative estimate of drug-likeness (QED) is 0.582. The first-order valence-corrected chi connectivity index (χ1v) is 4.88. The maximum absolute atomic E-state index is 11.0. The predicted molar refractivity (Wildman–Crippen MR) is 53.7 cm³/mol. The number of ether oxygens (including phenoxy) is 2. The second-order valence-corrected chi connectivity index (χ2v) is 4.38. The van der Waals surface area contributed by atoms with Crippen molar-refractivity contribution >= 4 is 12.3 Å². The fourth-order valence-electron chi connectivity index (χ4n) is 1.14. The van der Waals surface area contributed by atoms with Crippen LogP contribution in [0.4, 0.5) is 9.59 Å². The largest absolute Gasteiger partial charge is 0.518 e. The summed E-state index contributed by atoms with van der Waals surface area (Å²) in [6, 6.07) is 0. The van der Waals surface area contributed by atoms with Crippen LogP contribution in [0.2, 0.25) is 0 Å². The number of hydrogen-bond acceptors (Lipinski definition) is 4. The van der Waals surface area contributed by atoms with E-state index < -0.39 is 12.3 Å².